The highest BCUT2D eigenvalue weighted by Gasteiger charge is 2.39. The molecular formula is C30H33NO7. The summed E-state index contributed by atoms with van der Waals surface area (Å²) in [6, 6.07) is 24.5. The van der Waals surface area contributed by atoms with E-state index in [1.54, 1.807) is 26.4 Å². The van der Waals surface area contributed by atoms with E-state index in [0.29, 0.717) is 6.54 Å². The monoisotopic (exact) mass is 519 g/mol. The van der Waals surface area contributed by atoms with E-state index in [4.69, 9.17) is 23.7 Å². The summed E-state index contributed by atoms with van der Waals surface area (Å²) in [6.45, 7) is 0.783. The molecule has 38 heavy (non-hydrogen) atoms. The second kappa shape index (κ2) is 13.6. The van der Waals surface area contributed by atoms with Gasteiger partial charge >= 0.3 is 6.09 Å². The molecule has 4 rings (SSSR count). The first-order valence-corrected chi connectivity index (χ1v) is 12.4. The Morgan fingerprint density at radius 2 is 1.29 bits per heavy atom. The minimum absolute atomic E-state index is 0.225. The van der Waals surface area contributed by atoms with Crippen LogP contribution in [-0.2, 0) is 34.0 Å². The number of nitrogens with one attached hydrogen (secondary N) is 1. The summed E-state index contributed by atoms with van der Waals surface area (Å²) in [5, 5.41) is 13.6. The van der Waals surface area contributed by atoms with Crippen LogP contribution in [0.3, 0.4) is 0 Å². The second-order valence-corrected chi connectivity index (χ2v) is 8.83. The molecule has 3 aromatic carbocycles. The molecule has 0 aliphatic heterocycles. The van der Waals surface area contributed by atoms with Crippen molar-refractivity contribution in [2.75, 3.05) is 14.2 Å². The van der Waals surface area contributed by atoms with Crippen molar-refractivity contribution in [3.63, 3.8) is 0 Å². The van der Waals surface area contributed by atoms with Gasteiger partial charge in [0.05, 0.1) is 27.4 Å². The summed E-state index contributed by atoms with van der Waals surface area (Å²) in [5.74, 6) is 1.48. The Morgan fingerprint density at radius 1 is 0.737 bits per heavy atom. The summed E-state index contributed by atoms with van der Waals surface area (Å²) < 4.78 is 28.5. The largest absolute Gasteiger partial charge is 0.497 e. The van der Waals surface area contributed by atoms with Crippen LogP contribution in [-0.4, -0.2) is 49.8 Å². The van der Waals surface area contributed by atoms with Crippen LogP contribution in [0, 0.1) is 0 Å². The molecule has 0 radical (unpaired) electrons. The number of hydrogen-bond acceptors (Lipinski definition) is 7. The van der Waals surface area contributed by atoms with Crippen LogP contribution < -0.4 is 14.8 Å². The van der Waals surface area contributed by atoms with Crippen molar-refractivity contribution in [3.05, 3.63) is 108 Å². The van der Waals surface area contributed by atoms with E-state index in [9.17, 15) is 9.90 Å². The first-order valence-electron chi connectivity index (χ1n) is 12.4. The van der Waals surface area contributed by atoms with Crippen LogP contribution in [0.1, 0.15) is 16.7 Å². The van der Waals surface area contributed by atoms with Gasteiger partial charge in [0.15, 0.2) is 6.10 Å². The fourth-order valence-corrected chi connectivity index (χ4v) is 4.08. The van der Waals surface area contributed by atoms with E-state index >= 15 is 0 Å². The maximum Gasteiger partial charge on any atom is 0.408 e. The zero-order valence-electron chi connectivity index (χ0n) is 21.5. The second-order valence-electron chi connectivity index (χ2n) is 8.83. The molecule has 2 N–H and O–H groups in total. The van der Waals surface area contributed by atoms with Crippen LogP contribution in [0.5, 0.6) is 11.5 Å². The average Bonchev–Trinajstić information content (AvgIpc) is 2.96. The number of aliphatic hydroxyl groups is 1. The van der Waals surface area contributed by atoms with Crippen molar-refractivity contribution in [2.24, 2.45) is 0 Å². The van der Waals surface area contributed by atoms with Crippen molar-refractivity contribution in [3.8, 4) is 11.5 Å². The molecule has 200 valence electrons. The summed E-state index contributed by atoms with van der Waals surface area (Å²) in [4.78, 5) is 12.7. The first kappa shape index (κ1) is 27.2. The third-order valence-corrected chi connectivity index (χ3v) is 6.21. The maximum absolute atomic E-state index is 12.7. The van der Waals surface area contributed by atoms with Crippen LogP contribution >= 0.6 is 0 Å². The van der Waals surface area contributed by atoms with Crippen LogP contribution in [0.4, 0.5) is 4.79 Å². The SMILES string of the molecule is COc1ccc(CO[C@H]2[C@H](OCc3ccc(OC)cc3)[C@@H](O)C=C[C@@H]2OC(=O)NCc2ccccc2)cc1. The van der Waals surface area contributed by atoms with Gasteiger partial charge in [-0.2, -0.15) is 0 Å². The van der Waals surface area contributed by atoms with Gasteiger partial charge in [0.1, 0.15) is 29.8 Å². The van der Waals surface area contributed by atoms with Gasteiger partial charge in [-0.3, -0.25) is 0 Å². The molecule has 0 fully saturated rings. The zero-order valence-corrected chi connectivity index (χ0v) is 21.5. The lowest BCUT2D eigenvalue weighted by atomic mass is 9.95. The van der Waals surface area contributed by atoms with E-state index in [2.05, 4.69) is 5.32 Å². The number of carbonyl (C=O) groups is 1. The number of rotatable bonds is 11. The lowest BCUT2D eigenvalue weighted by molar-refractivity contribution is -0.155. The van der Waals surface area contributed by atoms with E-state index in [-0.39, 0.29) is 13.2 Å². The van der Waals surface area contributed by atoms with Crippen molar-refractivity contribution in [1.29, 1.82) is 0 Å². The number of ether oxygens (including phenoxy) is 5. The molecule has 1 amide bonds. The lowest BCUT2D eigenvalue weighted by Gasteiger charge is -2.36. The van der Waals surface area contributed by atoms with Gasteiger partial charge < -0.3 is 34.1 Å². The predicted molar refractivity (Wildman–Crippen MR) is 142 cm³/mol. The van der Waals surface area contributed by atoms with Crippen molar-refractivity contribution in [1.82, 2.24) is 5.32 Å². The molecule has 0 unspecified atom stereocenters. The Labute approximate surface area is 222 Å². The fourth-order valence-electron chi connectivity index (χ4n) is 4.08. The van der Waals surface area contributed by atoms with Gasteiger partial charge in [-0.15, -0.1) is 0 Å². The third kappa shape index (κ3) is 7.58. The van der Waals surface area contributed by atoms with Crippen molar-refractivity contribution >= 4 is 6.09 Å². The number of alkyl carbamates (subject to hydrolysis) is 1. The summed E-state index contributed by atoms with van der Waals surface area (Å²) >= 11 is 0. The Hall–Kier alpha value is -3.85. The van der Waals surface area contributed by atoms with Crippen LogP contribution in [0.2, 0.25) is 0 Å². The Balaban J connectivity index is 1.45. The molecule has 0 saturated carbocycles. The predicted octanol–water partition coefficient (Wildman–Crippen LogP) is 4.40. The molecule has 1 aliphatic carbocycles. The topological polar surface area (TPSA) is 95.5 Å². The number of benzene rings is 3. The third-order valence-electron chi connectivity index (χ3n) is 6.21. The number of amides is 1. The smallest absolute Gasteiger partial charge is 0.408 e. The molecule has 0 saturated heterocycles. The van der Waals surface area contributed by atoms with E-state index < -0.39 is 30.5 Å². The standard InChI is InChI=1S/C30H33NO7/c1-34-24-12-8-22(9-13-24)19-36-28-26(32)16-17-27(38-30(33)31-18-21-6-4-3-5-7-21)29(28)37-20-23-10-14-25(35-2)15-11-23/h3-17,26-29,32H,18-20H2,1-2H3,(H,31,33)/t26-,27-,28+,29+/m0/s1. The highest BCUT2D eigenvalue weighted by Crippen LogP contribution is 2.26. The van der Waals surface area contributed by atoms with E-state index in [1.807, 2.05) is 78.9 Å². The van der Waals surface area contributed by atoms with E-state index in [0.717, 1.165) is 28.2 Å². The number of hydrogen-bond donors (Lipinski definition) is 2. The number of aliphatic hydroxyl groups excluding tert-OH is 1. The minimum Gasteiger partial charge on any atom is -0.497 e. The molecule has 8 nitrogen and oxygen atoms in total. The molecule has 0 bridgehead atoms. The van der Waals surface area contributed by atoms with Gasteiger partial charge in [0.2, 0.25) is 0 Å². The molecule has 3 aromatic rings. The van der Waals surface area contributed by atoms with Gasteiger partial charge in [-0.05, 0) is 47.0 Å². The lowest BCUT2D eigenvalue weighted by Crippen LogP contribution is -2.51. The number of carbonyl (C=O) groups excluding carboxylic acids is 1. The maximum atomic E-state index is 12.7. The normalized spacial score (nSPS) is 20.5. The van der Waals surface area contributed by atoms with Gasteiger partial charge in [-0.25, -0.2) is 4.79 Å². The first-order chi connectivity index (χ1) is 18.6. The Morgan fingerprint density at radius 3 is 1.84 bits per heavy atom. The summed E-state index contributed by atoms with van der Waals surface area (Å²) in [5.41, 5.74) is 2.75. The summed E-state index contributed by atoms with van der Waals surface area (Å²) in [6.07, 6.45) is -0.619. The minimum atomic E-state index is -0.943. The molecule has 0 aromatic heterocycles. The molecular weight excluding hydrogens is 486 g/mol. The highest BCUT2D eigenvalue weighted by atomic mass is 16.6. The molecule has 4 atom stereocenters. The Kier molecular flexibility index (Phi) is 9.75. The van der Waals surface area contributed by atoms with Gasteiger partial charge in [0.25, 0.3) is 0 Å². The van der Waals surface area contributed by atoms with Crippen molar-refractivity contribution in [2.45, 2.75) is 44.2 Å². The highest BCUT2D eigenvalue weighted by molar-refractivity contribution is 5.67. The van der Waals surface area contributed by atoms with Gasteiger partial charge in [-0.1, -0.05) is 60.7 Å². The van der Waals surface area contributed by atoms with Crippen LogP contribution in [0.25, 0.3) is 0 Å². The van der Waals surface area contributed by atoms with Crippen molar-refractivity contribution < 1.29 is 33.6 Å². The van der Waals surface area contributed by atoms with E-state index in [1.165, 1.54) is 0 Å². The Bertz CT molecular complexity index is 1170. The zero-order chi connectivity index (χ0) is 26.7. The molecule has 1 aliphatic rings. The average molecular weight is 520 g/mol. The fraction of sp³-hybridized carbons (Fsp3) is 0.300. The molecule has 0 spiro atoms. The summed E-state index contributed by atoms with van der Waals surface area (Å²) in [7, 11) is 3.22. The quantitative estimate of drug-likeness (QED) is 0.363. The molecule has 8 heteroatoms. The van der Waals surface area contributed by atoms with Crippen LogP contribution in [0.15, 0.2) is 91.0 Å². The van der Waals surface area contributed by atoms with Gasteiger partial charge in [0, 0.05) is 6.54 Å². The molecule has 0 heterocycles. The number of methoxy groups -OCH3 is 2.